The first-order valence-electron chi connectivity index (χ1n) is 6.64. The molecular weight excluding hydrogens is 318 g/mol. The van der Waals surface area contributed by atoms with Gasteiger partial charge in [0.25, 0.3) is 11.6 Å². The molecule has 0 aliphatic rings. The quantitative estimate of drug-likeness (QED) is 0.524. The predicted molar refractivity (Wildman–Crippen MR) is 86.6 cm³/mol. The lowest BCUT2D eigenvalue weighted by Crippen LogP contribution is -1.87. The first kappa shape index (κ1) is 14.9. The first-order valence-corrected chi connectivity index (χ1v) is 7.02. The number of nitro groups is 1. The molecular formula is C16H10ClN3O3. The SMILES string of the molecule is O=[N+]([O-])c1cccc(/C=C(\Cl)c2nnc(-c3ccccc3)o2)c1. The molecule has 3 rings (SSSR count). The normalized spacial score (nSPS) is 11.4. The molecule has 0 fully saturated rings. The first-order chi connectivity index (χ1) is 11.1. The van der Waals surface area contributed by atoms with E-state index in [9.17, 15) is 10.1 Å². The Morgan fingerprint density at radius 3 is 2.65 bits per heavy atom. The highest BCUT2D eigenvalue weighted by atomic mass is 35.5. The minimum atomic E-state index is -0.467. The Bertz CT molecular complexity index is 875. The van der Waals surface area contributed by atoms with Crippen molar-refractivity contribution in [1.29, 1.82) is 0 Å². The molecule has 0 N–H and O–H groups in total. The van der Waals surface area contributed by atoms with E-state index < -0.39 is 4.92 Å². The molecule has 2 aromatic carbocycles. The molecule has 0 amide bonds. The van der Waals surface area contributed by atoms with Crippen molar-refractivity contribution in [2.24, 2.45) is 0 Å². The number of nitro benzene ring substituents is 1. The summed E-state index contributed by atoms with van der Waals surface area (Å²) in [6, 6.07) is 15.4. The summed E-state index contributed by atoms with van der Waals surface area (Å²) in [5, 5.41) is 18.8. The standard InChI is InChI=1S/C16H10ClN3O3/c17-14(10-11-5-4-8-13(9-11)20(21)22)16-19-18-15(23-16)12-6-2-1-3-7-12/h1-10H/b14-10-. The molecule has 0 unspecified atom stereocenters. The topological polar surface area (TPSA) is 82.1 Å². The van der Waals surface area contributed by atoms with Crippen LogP contribution in [0, 0.1) is 10.1 Å². The summed E-state index contributed by atoms with van der Waals surface area (Å²) >= 11 is 6.17. The van der Waals surface area contributed by atoms with Crippen molar-refractivity contribution in [2.45, 2.75) is 0 Å². The van der Waals surface area contributed by atoms with Gasteiger partial charge in [-0.1, -0.05) is 41.9 Å². The highest BCUT2D eigenvalue weighted by Crippen LogP contribution is 2.26. The average Bonchev–Trinajstić information content (AvgIpc) is 3.06. The Labute approximate surface area is 136 Å². The molecule has 0 saturated carbocycles. The number of aromatic nitrogens is 2. The molecule has 0 bridgehead atoms. The van der Waals surface area contributed by atoms with Crippen LogP contribution in [0.2, 0.25) is 0 Å². The van der Waals surface area contributed by atoms with Crippen LogP contribution in [-0.2, 0) is 0 Å². The zero-order valence-electron chi connectivity index (χ0n) is 11.7. The summed E-state index contributed by atoms with van der Waals surface area (Å²) in [5.74, 6) is 0.503. The number of non-ortho nitro benzene ring substituents is 1. The summed E-state index contributed by atoms with van der Waals surface area (Å²) in [6.07, 6.45) is 1.54. The van der Waals surface area contributed by atoms with Crippen LogP contribution < -0.4 is 0 Å². The van der Waals surface area contributed by atoms with E-state index in [-0.39, 0.29) is 16.6 Å². The van der Waals surface area contributed by atoms with Gasteiger partial charge in [-0.15, -0.1) is 10.2 Å². The molecule has 7 heteroatoms. The van der Waals surface area contributed by atoms with Gasteiger partial charge in [-0.3, -0.25) is 10.1 Å². The number of nitrogens with zero attached hydrogens (tertiary/aromatic N) is 3. The molecule has 0 aliphatic heterocycles. The van der Waals surface area contributed by atoms with Crippen molar-refractivity contribution in [3.63, 3.8) is 0 Å². The molecule has 114 valence electrons. The Kier molecular flexibility index (Phi) is 4.16. The lowest BCUT2D eigenvalue weighted by molar-refractivity contribution is -0.384. The van der Waals surface area contributed by atoms with E-state index in [1.165, 1.54) is 18.2 Å². The minimum absolute atomic E-state index is 0.0151. The van der Waals surface area contributed by atoms with E-state index in [0.29, 0.717) is 11.5 Å². The third-order valence-corrected chi connectivity index (χ3v) is 3.30. The van der Waals surface area contributed by atoms with Gasteiger partial charge in [0.2, 0.25) is 5.89 Å². The number of rotatable bonds is 4. The number of halogens is 1. The highest BCUT2D eigenvalue weighted by Gasteiger charge is 2.12. The van der Waals surface area contributed by atoms with E-state index in [4.69, 9.17) is 16.0 Å². The number of hydrogen-bond acceptors (Lipinski definition) is 5. The lowest BCUT2D eigenvalue weighted by atomic mass is 10.2. The van der Waals surface area contributed by atoms with Gasteiger partial charge in [0.05, 0.1) is 4.92 Å². The largest absolute Gasteiger partial charge is 0.415 e. The second-order valence-corrected chi connectivity index (χ2v) is 5.03. The van der Waals surface area contributed by atoms with Crippen LogP contribution in [-0.4, -0.2) is 15.1 Å². The molecule has 0 saturated heterocycles. The highest BCUT2D eigenvalue weighted by molar-refractivity contribution is 6.50. The maximum Gasteiger partial charge on any atom is 0.270 e. The predicted octanol–water partition coefficient (Wildman–Crippen LogP) is 4.38. The van der Waals surface area contributed by atoms with Gasteiger partial charge < -0.3 is 4.42 Å². The van der Waals surface area contributed by atoms with Gasteiger partial charge in [0.15, 0.2) is 0 Å². The van der Waals surface area contributed by atoms with Crippen LogP contribution in [0.3, 0.4) is 0 Å². The van der Waals surface area contributed by atoms with E-state index in [0.717, 1.165) is 5.56 Å². The van der Waals surface area contributed by atoms with Crippen LogP contribution in [0.1, 0.15) is 11.5 Å². The third-order valence-electron chi connectivity index (χ3n) is 3.02. The zero-order chi connectivity index (χ0) is 16.2. The molecule has 0 aliphatic carbocycles. The smallest absolute Gasteiger partial charge is 0.270 e. The van der Waals surface area contributed by atoms with Crippen molar-refractivity contribution in [3.05, 3.63) is 76.2 Å². The van der Waals surface area contributed by atoms with Crippen molar-refractivity contribution < 1.29 is 9.34 Å². The fourth-order valence-corrected chi connectivity index (χ4v) is 2.16. The van der Waals surface area contributed by atoms with Crippen LogP contribution in [0.15, 0.2) is 59.0 Å². The van der Waals surface area contributed by atoms with Crippen LogP contribution >= 0.6 is 11.6 Å². The lowest BCUT2D eigenvalue weighted by Gasteiger charge is -1.96. The Balaban J connectivity index is 1.89. The summed E-state index contributed by atoms with van der Waals surface area (Å²) in [7, 11) is 0. The second-order valence-electron chi connectivity index (χ2n) is 4.62. The average molecular weight is 328 g/mol. The van der Waals surface area contributed by atoms with Gasteiger partial charge in [-0.2, -0.15) is 0 Å². The van der Waals surface area contributed by atoms with Crippen LogP contribution in [0.25, 0.3) is 22.6 Å². The maximum atomic E-state index is 10.8. The summed E-state index contributed by atoms with van der Waals surface area (Å²) in [4.78, 5) is 10.3. The maximum absolute atomic E-state index is 10.8. The van der Waals surface area contributed by atoms with Crippen molar-refractivity contribution >= 4 is 28.4 Å². The number of hydrogen-bond donors (Lipinski definition) is 0. The molecule has 3 aromatic rings. The molecule has 1 heterocycles. The molecule has 0 spiro atoms. The van der Waals surface area contributed by atoms with Crippen molar-refractivity contribution in [2.75, 3.05) is 0 Å². The fraction of sp³-hybridized carbons (Fsp3) is 0. The Hall–Kier alpha value is -2.99. The number of benzene rings is 2. The Morgan fingerprint density at radius 1 is 1.13 bits per heavy atom. The van der Waals surface area contributed by atoms with Gasteiger partial charge in [0.1, 0.15) is 5.03 Å². The molecule has 0 atom stereocenters. The molecule has 6 nitrogen and oxygen atoms in total. The van der Waals surface area contributed by atoms with Crippen molar-refractivity contribution in [3.8, 4) is 11.5 Å². The fourth-order valence-electron chi connectivity index (χ4n) is 1.95. The summed E-state index contributed by atoms with van der Waals surface area (Å²) in [5.41, 5.74) is 1.34. The summed E-state index contributed by atoms with van der Waals surface area (Å²) in [6.45, 7) is 0. The van der Waals surface area contributed by atoms with Crippen LogP contribution in [0.4, 0.5) is 5.69 Å². The van der Waals surface area contributed by atoms with E-state index >= 15 is 0 Å². The van der Waals surface area contributed by atoms with Crippen molar-refractivity contribution in [1.82, 2.24) is 10.2 Å². The van der Waals surface area contributed by atoms with E-state index in [2.05, 4.69) is 10.2 Å². The Morgan fingerprint density at radius 2 is 1.91 bits per heavy atom. The van der Waals surface area contributed by atoms with Gasteiger partial charge >= 0.3 is 0 Å². The summed E-state index contributed by atoms with van der Waals surface area (Å²) < 4.78 is 5.53. The monoisotopic (exact) mass is 327 g/mol. The van der Waals surface area contributed by atoms with E-state index in [1.807, 2.05) is 30.3 Å². The third kappa shape index (κ3) is 3.44. The van der Waals surface area contributed by atoms with Gasteiger partial charge in [0, 0.05) is 17.7 Å². The molecule has 0 radical (unpaired) electrons. The minimum Gasteiger partial charge on any atom is -0.415 e. The zero-order valence-corrected chi connectivity index (χ0v) is 12.5. The van der Waals surface area contributed by atoms with E-state index in [1.54, 1.807) is 12.1 Å². The molecule has 23 heavy (non-hydrogen) atoms. The van der Waals surface area contributed by atoms with Gasteiger partial charge in [-0.05, 0) is 23.8 Å². The van der Waals surface area contributed by atoms with Gasteiger partial charge in [-0.25, -0.2) is 0 Å². The van der Waals surface area contributed by atoms with Crippen LogP contribution in [0.5, 0.6) is 0 Å². The second kappa shape index (κ2) is 6.41. The molecule has 1 aromatic heterocycles.